The molecular formula is C26H33N5O9. The number of hydrogen-bond acceptors (Lipinski definition) is 12. The van der Waals surface area contributed by atoms with Gasteiger partial charge in [-0.05, 0) is 51.8 Å². The van der Waals surface area contributed by atoms with Crippen molar-refractivity contribution >= 4 is 34.6 Å². The van der Waals surface area contributed by atoms with Gasteiger partial charge in [-0.2, -0.15) is 0 Å². The number of rotatable bonds is 7. The number of nitrogens with zero attached hydrogens (tertiary/aromatic N) is 3. The molecular weight excluding hydrogens is 526 g/mol. The third kappa shape index (κ3) is 4.01. The molecule has 1 aromatic carbocycles. The summed E-state index contributed by atoms with van der Waals surface area (Å²) in [5.41, 5.74) is 3.93. The summed E-state index contributed by atoms with van der Waals surface area (Å²) >= 11 is 0. The molecule has 14 nitrogen and oxygen atoms in total. The van der Waals surface area contributed by atoms with Crippen molar-refractivity contribution in [1.82, 2.24) is 10.3 Å². The molecule has 4 rings (SSSR count). The normalized spacial score (nSPS) is 26.8. The van der Waals surface area contributed by atoms with Crippen LogP contribution in [0.2, 0.25) is 0 Å². The standard InChI is InChI=1S/C26H33N5O9/c1-6-10(2)28-30(5)14-9-15(31(39)40)20(32)17-12(14)7-11-8-13-19(29(3)4)22(34)18(25(27)37)24(36)26(13,38)23(35)16(11)21(17)33/h9-11,13,19,28,32-33,36,38H,6-8H2,1-5H3,(H2,27,37)/t10?,11?,13?,19-,26-/m0/s1. The fraction of sp³-hybridized carbons (Fsp3) is 0.500. The van der Waals surface area contributed by atoms with Crippen LogP contribution < -0.4 is 16.2 Å². The number of anilines is 1. The molecule has 0 spiro atoms. The minimum atomic E-state index is -2.79. The Kier molecular flexibility index (Phi) is 7.15. The number of benzene rings is 1. The fourth-order valence-electron chi connectivity index (χ4n) is 6.21. The number of amides is 1. The van der Waals surface area contributed by atoms with Crippen molar-refractivity contribution < 1.29 is 39.7 Å². The van der Waals surface area contributed by atoms with Crippen LogP contribution in [0.3, 0.4) is 0 Å². The largest absolute Gasteiger partial charge is 0.508 e. The maximum atomic E-state index is 13.9. The maximum absolute atomic E-state index is 13.9. The SMILES string of the molecule is CCC(C)NN(C)c1cc([N+](=O)[O-])c(O)c2c1CC1CC3[C@H](N(C)C)C(=O)C(C(N)=O)=C(O)[C@@]3(O)C(=O)C1=C2O. The Morgan fingerprint density at radius 3 is 2.42 bits per heavy atom. The van der Waals surface area contributed by atoms with Crippen molar-refractivity contribution in [3.63, 3.8) is 0 Å². The summed E-state index contributed by atoms with van der Waals surface area (Å²) < 4.78 is 0. The second-order valence-corrected chi connectivity index (χ2v) is 10.8. The van der Waals surface area contributed by atoms with E-state index < -0.39 is 74.4 Å². The molecule has 3 aliphatic carbocycles. The van der Waals surface area contributed by atoms with Crippen molar-refractivity contribution in [2.45, 2.75) is 50.8 Å². The third-order valence-electron chi connectivity index (χ3n) is 8.26. The van der Waals surface area contributed by atoms with Crippen LogP contribution in [0.4, 0.5) is 11.4 Å². The first-order chi connectivity index (χ1) is 18.6. The number of ketones is 2. The van der Waals surface area contributed by atoms with Gasteiger partial charge in [0.1, 0.15) is 17.1 Å². The number of aromatic hydroxyl groups is 1. The molecule has 216 valence electrons. The molecule has 14 heteroatoms. The number of nitro benzene ring substituents is 1. The monoisotopic (exact) mass is 559 g/mol. The van der Waals surface area contributed by atoms with Crippen molar-refractivity contribution in [3.05, 3.63) is 44.2 Å². The molecule has 0 bridgehead atoms. The highest BCUT2D eigenvalue weighted by molar-refractivity contribution is 6.24. The minimum absolute atomic E-state index is 0.00194. The zero-order chi connectivity index (χ0) is 30.0. The van der Waals surface area contributed by atoms with Crippen LogP contribution in [0, 0.1) is 22.0 Å². The average molecular weight is 560 g/mol. The first-order valence-electron chi connectivity index (χ1n) is 12.8. The first kappa shape index (κ1) is 29.0. The lowest BCUT2D eigenvalue weighted by molar-refractivity contribution is -0.385. The molecule has 40 heavy (non-hydrogen) atoms. The number of nitrogens with two attached hydrogens (primary N) is 1. The molecule has 1 fully saturated rings. The van der Waals surface area contributed by atoms with Gasteiger partial charge in [-0.1, -0.05) is 6.92 Å². The zero-order valence-electron chi connectivity index (χ0n) is 22.8. The van der Waals surface area contributed by atoms with Crippen LogP contribution in [0.25, 0.3) is 5.76 Å². The highest BCUT2D eigenvalue weighted by Gasteiger charge is 2.64. The third-order valence-corrected chi connectivity index (χ3v) is 8.26. The first-order valence-corrected chi connectivity index (χ1v) is 12.8. The van der Waals surface area contributed by atoms with Crippen molar-refractivity contribution in [1.29, 1.82) is 0 Å². The summed E-state index contributed by atoms with van der Waals surface area (Å²) in [6, 6.07) is -0.0770. The second-order valence-electron chi connectivity index (χ2n) is 10.8. The molecule has 1 amide bonds. The molecule has 0 aromatic heterocycles. The van der Waals surface area contributed by atoms with E-state index >= 15 is 0 Å². The lowest BCUT2D eigenvalue weighted by atomic mass is 9.57. The molecule has 3 unspecified atom stereocenters. The molecule has 0 aliphatic heterocycles. The predicted molar refractivity (Wildman–Crippen MR) is 142 cm³/mol. The zero-order valence-corrected chi connectivity index (χ0v) is 22.8. The lowest BCUT2D eigenvalue weighted by Gasteiger charge is -2.50. The number of likely N-dealkylation sites (N-methyl/N-ethyl adjacent to an activating group) is 1. The van der Waals surface area contributed by atoms with Gasteiger partial charge >= 0.3 is 5.69 Å². The van der Waals surface area contributed by atoms with Crippen LogP contribution >= 0.6 is 0 Å². The van der Waals surface area contributed by atoms with E-state index in [-0.39, 0.29) is 35.7 Å². The van der Waals surface area contributed by atoms with Crippen LogP contribution in [0.15, 0.2) is 23.0 Å². The Hall–Kier alpha value is -4.01. The molecule has 0 saturated heterocycles. The molecule has 0 heterocycles. The van der Waals surface area contributed by atoms with Gasteiger partial charge in [0.2, 0.25) is 11.5 Å². The van der Waals surface area contributed by atoms with E-state index in [9.17, 15) is 44.9 Å². The Morgan fingerprint density at radius 2 is 1.90 bits per heavy atom. The van der Waals surface area contributed by atoms with Gasteiger partial charge in [-0.15, -0.1) is 0 Å². The number of hydrogen-bond donors (Lipinski definition) is 6. The molecule has 3 aliphatic rings. The van der Waals surface area contributed by atoms with Gasteiger partial charge in [0.25, 0.3) is 5.91 Å². The van der Waals surface area contributed by atoms with Crippen LogP contribution in [-0.4, -0.2) is 86.6 Å². The van der Waals surface area contributed by atoms with E-state index in [1.54, 1.807) is 12.1 Å². The van der Waals surface area contributed by atoms with Gasteiger partial charge < -0.3 is 31.2 Å². The van der Waals surface area contributed by atoms with Crippen LogP contribution in [0.5, 0.6) is 5.75 Å². The lowest BCUT2D eigenvalue weighted by Crippen LogP contribution is -2.65. The predicted octanol–water partition coefficient (Wildman–Crippen LogP) is 0.612. The Balaban J connectivity index is 1.99. The summed E-state index contributed by atoms with van der Waals surface area (Å²) in [5.74, 6) is -8.27. The molecule has 0 radical (unpaired) electrons. The summed E-state index contributed by atoms with van der Waals surface area (Å²) in [4.78, 5) is 51.6. The van der Waals surface area contributed by atoms with Gasteiger partial charge in [0, 0.05) is 30.6 Å². The van der Waals surface area contributed by atoms with Gasteiger partial charge in [-0.25, -0.2) is 5.43 Å². The number of hydrazine groups is 1. The summed E-state index contributed by atoms with van der Waals surface area (Å²) in [6.45, 7) is 3.84. The number of fused-ring (bicyclic) bond motifs is 3. The number of primary amides is 1. The second kappa shape index (κ2) is 9.87. The van der Waals surface area contributed by atoms with Crippen LogP contribution in [-0.2, 0) is 20.8 Å². The topological polar surface area (TPSA) is 220 Å². The minimum Gasteiger partial charge on any atom is -0.508 e. The van der Waals surface area contributed by atoms with Crippen LogP contribution in [0.1, 0.15) is 37.8 Å². The molecule has 1 aromatic rings. The summed E-state index contributed by atoms with van der Waals surface area (Å²) in [6.07, 6.45) is 0.636. The van der Waals surface area contributed by atoms with E-state index in [0.29, 0.717) is 5.56 Å². The fourth-order valence-corrected chi connectivity index (χ4v) is 6.21. The smallest absolute Gasteiger partial charge is 0.313 e. The highest BCUT2D eigenvalue weighted by atomic mass is 16.6. The number of carbonyl (C=O) groups is 3. The van der Waals surface area contributed by atoms with E-state index in [2.05, 4.69) is 5.43 Å². The number of aliphatic hydroxyl groups is 3. The molecule has 7 N–H and O–H groups in total. The van der Waals surface area contributed by atoms with E-state index in [1.165, 1.54) is 25.1 Å². The number of phenolic OH excluding ortho intramolecular Hbond substituents is 1. The Bertz CT molecular complexity index is 1400. The number of Topliss-reactive ketones (excluding diaryl/α,β-unsaturated/α-hetero) is 2. The van der Waals surface area contributed by atoms with Gasteiger partial charge in [0.05, 0.1) is 22.2 Å². The van der Waals surface area contributed by atoms with Crippen molar-refractivity contribution in [2.24, 2.45) is 17.6 Å². The number of phenols is 1. The van der Waals surface area contributed by atoms with E-state index in [1.807, 2.05) is 13.8 Å². The van der Waals surface area contributed by atoms with Crippen molar-refractivity contribution in [3.8, 4) is 5.75 Å². The number of nitro groups is 1. The molecule has 5 atom stereocenters. The Labute approximate surface area is 229 Å². The molecule has 1 saturated carbocycles. The van der Waals surface area contributed by atoms with Crippen molar-refractivity contribution in [2.75, 3.05) is 26.2 Å². The van der Waals surface area contributed by atoms with E-state index in [4.69, 9.17) is 5.73 Å². The van der Waals surface area contributed by atoms with E-state index in [0.717, 1.165) is 6.42 Å². The quantitative estimate of drug-likeness (QED) is 0.154. The maximum Gasteiger partial charge on any atom is 0.313 e. The number of carbonyl (C=O) groups excluding carboxylic acids is 3. The average Bonchev–Trinajstić information content (AvgIpc) is 2.85. The Morgan fingerprint density at radius 1 is 1.27 bits per heavy atom. The number of nitrogens with one attached hydrogen (secondary N) is 1. The number of aliphatic hydroxyl groups excluding tert-OH is 2. The van der Waals surface area contributed by atoms with Gasteiger partial charge in [-0.3, -0.25) is 29.4 Å². The summed E-state index contributed by atoms with van der Waals surface area (Å²) in [5, 5.41) is 58.2. The van der Waals surface area contributed by atoms with Gasteiger partial charge in [0.15, 0.2) is 11.4 Å². The highest BCUT2D eigenvalue weighted by Crippen LogP contribution is 2.54. The summed E-state index contributed by atoms with van der Waals surface area (Å²) in [7, 11) is 4.65.